The molecular weight excluding hydrogens is 875 g/mol. The van der Waals surface area contributed by atoms with E-state index in [1.807, 2.05) is 65.0 Å². The topological polar surface area (TPSA) is 194 Å². The SMILES string of the molecule is CO[C@H]1C[C@@H]2CC[C@@H](C)[C@@](C=O)(OC(=O)N3CCCC(C3)C(=O)O[C@H]([C@H](C)CC3CC[C@@H](OCCO)[C@H](OC)C3)CC(=O)[C@H](C)/C=C(\C)[C@@H](O)[C@@H](OC)C(=O)[C@H](C)C[C@H](C)/C=C/C=C/C=C/1C)O2. The molecule has 384 valence electrons. The second kappa shape index (κ2) is 27.7. The number of methoxy groups -OCH3 is 3. The van der Waals surface area contributed by atoms with Crippen molar-refractivity contribution in [3.63, 3.8) is 0 Å². The predicted molar refractivity (Wildman–Crippen MR) is 256 cm³/mol. The highest BCUT2D eigenvalue weighted by Gasteiger charge is 2.49. The van der Waals surface area contributed by atoms with Crippen molar-refractivity contribution in [3.05, 3.63) is 47.6 Å². The fourth-order valence-electron chi connectivity index (χ4n) is 10.4. The van der Waals surface area contributed by atoms with E-state index in [0.717, 1.165) is 18.4 Å². The zero-order valence-electron chi connectivity index (χ0n) is 42.5. The van der Waals surface area contributed by atoms with Crippen LogP contribution >= 0.6 is 0 Å². The third-order valence-electron chi connectivity index (χ3n) is 14.8. The summed E-state index contributed by atoms with van der Waals surface area (Å²) >= 11 is 0. The molecule has 3 aliphatic heterocycles. The molecule has 0 radical (unpaired) electrons. The summed E-state index contributed by atoms with van der Waals surface area (Å²) in [6.45, 7) is 13.4. The van der Waals surface area contributed by atoms with Crippen molar-refractivity contribution in [1.82, 2.24) is 4.90 Å². The van der Waals surface area contributed by atoms with Gasteiger partial charge in [-0.1, -0.05) is 71.1 Å². The summed E-state index contributed by atoms with van der Waals surface area (Å²) in [6.07, 6.45) is 12.6. The van der Waals surface area contributed by atoms with Crippen LogP contribution in [0, 0.1) is 41.4 Å². The van der Waals surface area contributed by atoms with E-state index in [9.17, 15) is 34.2 Å². The Labute approximate surface area is 405 Å². The third-order valence-corrected chi connectivity index (χ3v) is 14.8. The molecule has 0 aromatic rings. The molecule has 4 bridgehead atoms. The molecule has 4 rings (SSSR count). The first kappa shape index (κ1) is 57.0. The number of aldehydes is 1. The van der Waals surface area contributed by atoms with E-state index in [4.69, 9.17) is 33.2 Å². The molecule has 2 saturated heterocycles. The van der Waals surface area contributed by atoms with Crippen molar-refractivity contribution in [1.29, 1.82) is 0 Å². The van der Waals surface area contributed by atoms with Gasteiger partial charge in [-0.2, -0.15) is 0 Å². The highest BCUT2D eigenvalue weighted by atomic mass is 16.7. The Bertz CT molecular complexity index is 1780. The quantitative estimate of drug-likeness (QED) is 0.126. The van der Waals surface area contributed by atoms with Crippen molar-refractivity contribution in [2.24, 2.45) is 41.4 Å². The van der Waals surface area contributed by atoms with Gasteiger partial charge < -0.3 is 48.3 Å². The largest absolute Gasteiger partial charge is 0.461 e. The lowest BCUT2D eigenvalue weighted by atomic mass is 9.78. The molecule has 0 aromatic heterocycles. The number of Topliss-reactive ketones (excluding diaryl/α,β-unsaturated/α-hetero) is 2. The maximum Gasteiger partial charge on any atom is 0.412 e. The summed E-state index contributed by atoms with van der Waals surface area (Å²) in [6, 6.07) is 0. The number of esters is 1. The first-order valence-corrected chi connectivity index (χ1v) is 25.0. The number of cyclic esters (lactones) is 1. The van der Waals surface area contributed by atoms with Crippen molar-refractivity contribution >= 4 is 29.9 Å². The zero-order valence-corrected chi connectivity index (χ0v) is 42.5. The number of hydrogen-bond donors (Lipinski definition) is 2. The van der Waals surface area contributed by atoms with Crippen LogP contribution in [0.3, 0.4) is 0 Å². The van der Waals surface area contributed by atoms with Gasteiger partial charge in [-0.05, 0) is 101 Å². The van der Waals surface area contributed by atoms with Crippen LogP contribution in [0.4, 0.5) is 4.79 Å². The molecule has 0 spiro atoms. The number of aliphatic hydroxyl groups is 2. The average Bonchev–Trinajstić information content (AvgIpc) is 3.32. The fourth-order valence-corrected chi connectivity index (χ4v) is 10.4. The van der Waals surface area contributed by atoms with Crippen LogP contribution in [0.25, 0.3) is 0 Å². The number of carbonyl (C=O) groups is 5. The van der Waals surface area contributed by atoms with Crippen LogP contribution < -0.4 is 0 Å². The van der Waals surface area contributed by atoms with Crippen LogP contribution in [0.2, 0.25) is 0 Å². The summed E-state index contributed by atoms with van der Waals surface area (Å²) in [7, 11) is 4.65. The Morgan fingerprint density at radius 3 is 2.32 bits per heavy atom. The number of ether oxygens (including phenoxy) is 7. The number of allylic oxidation sites excluding steroid dienone is 6. The number of carbonyl (C=O) groups excluding carboxylic acids is 5. The maximum absolute atomic E-state index is 14.2. The second-order valence-corrected chi connectivity index (χ2v) is 20.1. The molecule has 15 nitrogen and oxygen atoms in total. The van der Waals surface area contributed by atoms with Gasteiger partial charge in [-0.25, -0.2) is 4.79 Å². The van der Waals surface area contributed by atoms with Gasteiger partial charge in [-0.3, -0.25) is 19.2 Å². The van der Waals surface area contributed by atoms with E-state index in [-0.39, 0.29) is 73.8 Å². The predicted octanol–water partition coefficient (Wildman–Crippen LogP) is 7.30. The zero-order chi connectivity index (χ0) is 50.1. The van der Waals surface area contributed by atoms with E-state index in [1.165, 1.54) is 12.0 Å². The smallest absolute Gasteiger partial charge is 0.412 e. The minimum Gasteiger partial charge on any atom is -0.461 e. The second-order valence-electron chi connectivity index (χ2n) is 20.1. The number of ketones is 2. The fraction of sp³-hybridized carbons (Fsp3) is 0.755. The highest BCUT2D eigenvalue weighted by Crippen LogP contribution is 2.38. The van der Waals surface area contributed by atoms with Gasteiger partial charge >= 0.3 is 12.1 Å². The summed E-state index contributed by atoms with van der Waals surface area (Å²) < 4.78 is 41.8. The number of aliphatic hydroxyl groups excluding tert-OH is 2. The molecule has 3 fully saturated rings. The van der Waals surface area contributed by atoms with Gasteiger partial charge in [0, 0.05) is 65.0 Å². The Morgan fingerprint density at radius 1 is 0.897 bits per heavy atom. The Morgan fingerprint density at radius 2 is 1.65 bits per heavy atom. The number of amides is 1. The molecule has 1 saturated carbocycles. The molecular formula is C53H83NO14. The third kappa shape index (κ3) is 16.0. The van der Waals surface area contributed by atoms with Crippen LogP contribution in [0.15, 0.2) is 47.6 Å². The van der Waals surface area contributed by atoms with Crippen molar-refractivity contribution in [2.45, 2.75) is 168 Å². The molecule has 2 unspecified atom stereocenters. The minimum atomic E-state index is -1.83. The molecule has 4 aliphatic rings. The molecule has 15 heteroatoms. The summed E-state index contributed by atoms with van der Waals surface area (Å²) in [5.74, 6) is -5.14. The van der Waals surface area contributed by atoms with E-state index in [2.05, 4.69) is 0 Å². The van der Waals surface area contributed by atoms with E-state index < -0.39 is 65.9 Å². The monoisotopic (exact) mass is 958 g/mol. The molecule has 68 heavy (non-hydrogen) atoms. The normalized spacial score (nSPS) is 38.9. The Hall–Kier alpha value is -3.57. The van der Waals surface area contributed by atoms with Crippen molar-refractivity contribution < 1.29 is 67.3 Å². The van der Waals surface area contributed by atoms with E-state index >= 15 is 0 Å². The maximum atomic E-state index is 14.2. The molecule has 3 heterocycles. The Balaban J connectivity index is 1.65. The lowest BCUT2D eigenvalue weighted by molar-refractivity contribution is -0.259. The van der Waals surface area contributed by atoms with Crippen LogP contribution in [0.5, 0.6) is 0 Å². The van der Waals surface area contributed by atoms with Crippen LogP contribution in [-0.4, -0.2) is 141 Å². The molecule has 2 N–H and O–H groups in total. The van der Waals surface area contributed by atoms with Gasteiger partial charge in [0.1, 0.15) is 24.1 Å². The summed E-state index contributed by atoms with van der Waals surface area (Å²) in [5.41, 5.74) is 1.35. The number of nitrogens with zero attached hydrogens (tertiary/aromatic N) is 1. The first-order valence-electron chi connectivity index (χ1n) is 25.0. The number of hydrogen-bond acceptors (Lipinski definition) is 14. The van der Waals surface area contributed by atoms with Gasteiger partial charge in [0.25, 0.3) is 5.79 Å². The highest BCUT2D eigenvalue weighted by molar-refractivity contribution is 5.86. The van der Waals surface area contributed by atoms with Gasteiger partial charge in [0.15, 0.2) is 12.1 Å². The van der Waals surface area contributed by atoms with E-state index in [1.54, 1.807) is 34.1 Å². The number of piperidine rings is 1. The molecule has 0 aromatic carbocycles. The molecule has 1 aliphatic carbocycles. The Kier molecular flexibility index (Phi) is 23.2. The number of rotatable bonds is 10. The summed E-state index contributed by atoms with van der Waals surface area (Å²) in [5, 5.41) is 20.8. The molecule has 15 atom stereocenters. The molecule has 1 amide bonds. The van der Waals surface area contributed by atoms with Crippen LogP contribution in [-0.2, 0) is 52.3 Å². The number of fused-ring (bicyclic) bond motifs is 4. The van der Waals surface area contributed by atoms with Crippen LogP contribution in [0.1, 0.15) is 119 Å². The van der Waals surface area contributed by atoms with Crippen molar-refractivity contribution in [3.8, 4) is 0 Å². The summed E-state index contributed by atoms with van der Waals surface area (Å²) in [4.78, 5) is 70.4. The lowest BCUT2D eigenvalue weighted by Crippen LogP contribution is -2.55. The average molecular weight is 958 g/mol. The lowest BCUT2D eigenvalue weighted by Gasteiger charge is -2.43. The van der Waals surface area contributed by atoms with Gasteiger partial charge in [0.05, 0.1) is 43.5 Å². The van der Waals surface area contributed by atoms with Gasteiger partial charge in [-0.15, -0.1) is 0 Å². The minimum absolute atomic E-state index is 0.00157. The van der Waals surface area contributed by atoms with Gasteiger partial charge in [0.2, 0.25) is 0 Å². The van der Waals surface area contributed by atoms with Crippen molar-refractivity contribution in [2.75, 3.05) is 47.6 Å². The standard InChI is InChI=1S/C53H83NO14/c1-33-15-12-11-13-16-34(2)45(62-8)29-42-20-18-39(7)53(32-56,67-42)68-52(61)54-22-14-17-41(31-54)51(60)66-46(36(4)27-40-19-21-44(65-24-23-55)47(28-40)63-9)30-43(57)35(3)26-38(6)49(59)50(64-10)48(58)37(5)25-33/h11-13,15-16,26,32-33,35-37,39-42,44-47,49-50,55,59H,14,17-25,27-31H2,1-10H3/b13-11+,15-12+,34-16+,38-26+/t33-,35-,36-,37-,39-,40?,41?,42+,44-,45+,46+,47-,49-,50+,53-/m1/s1. The van der Waals surface area contributed by atoms with E-state index in [0.29, 0.717) is 69.8 Å². The first-order chi connectivity index (χ1) is 32.4.